The third-order valence-corrected chi connectivity index (χ3v) is 5.85. The van der Waals surface area contributed by atoms with Crippen LogP contribution in [0.3, 0.4) is 0 Å². The Morgan fingerprint density at radius 1 is 0.862 bits per heavy atom. The minimum absolute atomic E-state index is 0.0131. The van der Waals surface area contributed by atoms with Crippen molar-refractivity contribution in [1.82, 2.24) is 4.90 Å². The summed E-state index contributed by atoms with van der Waals surface area (Å²) in [5.41, 5.74) is 2.60. The predicted octanol–water partition coefficient (Wildman–Crippen LogP) is 7.00. The molecule has 2 aromatic carbocycles. The summed E-state index contributed by atoms with van der Waals surface area (Å²) in [5.74, 6) is 0.371. The van der Waals surface area contributed by atoms with Gasteiger partial charge in [0.15, 0.2) is 0 Å². The summed E-state index contributed by atoms with van der Waals surface area (Å²) >= 11 is 0. The second-order valence-corrected chi connectivity index (χ2v) is 9.09. The maximum absolute atomic E-state index is 12.7. The SMILES string of the molecule is CCCC(CCC(C(=O)CC)c1ccccc1)N(Cc1ccccc1)C(C)(C)C. The molecule has 2 rings (SSSR count). The highest BCUT2D eigenvalue weighted by atomic mass is 16.1. The van der Waals surface area contributed by atoms with E-state index < -0.39 is 0 Å². The lowest BCUT2D eigenvalue weighted by Crippen LogP contribution is -2.47. The van der Waals surface area contributed by atoms with Crippen LogP contribution in [0.15, 0.2) is 60.7 Å². The van der Waals surface area contributed by atoms with Gasteiger partial charge < -0.3 is 0 Å². The van der Waals surface area contributed by atoms with Gasteiger partial charge >= 0.3 is 0 Å². The van der Waals surface area contributed by atoms with E-state index in [0.29, 0.717) is 18.2 Å². The zero-order valence-corrected chi connectivity index (χ0v) is 19.0. The first-order chi connectivity index (χ1) is 13.9. The van der Waals surface area contributed by atoms with Gasteiger partial charge in [0, 0.05) is 30.5 Å². The fourth-order valence-electron chi connectivity index (χ4n) is 4.29. The first-order valence-electron chi connectivity index (χ1n) is 11.2. The molecular weight excluding hydrogens is 354 g/mol. The Hall–Kier alpha value is -1.93. The summed E-state index contributed by atoms with van der Waals surface area (Å²) in [7, 11) is 0. The molecule has 0 fully saturated rings. The average Bonchev–Trinajstić information content (AvgIpc) is 2.72. The number of benzene rings is 2. The molecule has 0 amide bonds. The van der Waals surface area contributed by atoms with Gasteiger partial charge in [0.25, 0.3) is 0 Å². The lowest BCUT2D eigenvalue weighted by Gasteiger charge is -2.42. The molecule has 2 nitrogen and oxygen atoms in total. The van der Waals surface area contributed by atoms with Crippen molar-refractivity contribution >= 4 is 5.78 Å². The van der Waals surface area contributed by atoms with Crippen LogP contribution in [0.4, 0.5) is 0 Å². The van der Waals surface area contributed by atoms with Gasteiger partial charge in [0.05, 0.1) is 0 Å². The van der Waals surface area contributed by atoms with E-state index >= 15 is 0 Å². The third-order valence-electron chi connectivity index (χ3n) is 5.85. The normalized spacial score (nSPS) is 14.0. The fraction of sp³-hybridized carbons (Fsp3) is 0.519. The van der Waals surface area contributed by atoms with Crippen molar-refractivity contribution in [3.05, 3.63) is 71.8 Å². The standard InChI is InChI=1S/C27H39NO/c1-6-14-24(28(27(3,4)5)21-22-15-10-8-11-16-22)19-20-25(26(29)7-2)23-17-12-9-13-18-23/h8-13,15-18,24-25H,6-7,14,19-21H2,1-5H3. The van der Waals surface area contributed by atoms with Crippen LogP contribution >= 0.6 is 0 Å². The number of rotatable bonds is 11. The maximum atomic E-state index is 12.7. The minimum Gasteiger partial charge on any atom is -0.299 e. The number of carbonyl (C=O) groups excluding carboxylic acids is 1. The zero-order chi connectivity index (χ0) is 21.3. The van der Waals surface area contributed by atoms with E-state index in [2.05, 4.69) is 75.1 Å². The highest BCUT2D eigenvalue weighted by Crippen LogP contribution is 2.30. The molecule has 2 heteroatoms. The fourth-order valence-corrected chi connectivity index (χ4v) is 4.29. The Balaban J connectivity index is 2.21. The molecule has 2 atom stereocenters. The number of Topliss-reactive ketones (excluding diaryl/α,β-unsaturated/α-hetero) is 1. The first kappa shape index (κ1) is 23.3. The highest BCUT2D eigenvalue weighted by Gasteiger charge is 2.30. The van der Waals surface area contributed by atoms with E-state index in [1.165, 1.54) is 11.1 Å². The van der Waals surface area contributed by atoms with Gasteiger partial charge in [-0.15, -0.1) is 0 Å². The largest absolute Gasteiger partial charge is 0.299 e. The number of hydrogen-bond acceptors (Lipinski definition) is 2. The van der Waals surface area contributed by atoms with E-state index in [4.69, 9.17) is 0 Å². The van der Waals surface area contributed by atoms with Gasteiger partial charge in [0.2, 0.25) is 0 Å². The van der Waals surface area contributed by atoms with Gasteiger partial charge in [-0.3, -0.25) is 9.69 Å². The molecule has 0 aromatic heterocycles. The van der Waals surface area contributed by atoms with Crippen LogP contribution in [0.2, 0.25) is 0 Å². The summed E-state index contributed by atoms with van der Waals surface area (Å²) in [6.07, 6.45) is 4.88. The van der Waals surface area contributed by atoms with Crippen molar-refractivity contribution in [3.8, 4) is 0 Å². The molecule has 29 heavy (non-hydrogen) atoms. The Morgan fingerprint density at radius 3 is 1.97 bits per heavy atom. The Bertz CT molecular complexity index is 717. The molecular formula is C27H39NO. The molecule has 0 radical (unpaired) electrons. The number of ketones is 1. The Morgan fingerprint density at radius 2 is 1.45 bits per heavy atom. The molecule has 158 valence electrons. The van der Waals surface area contributed by atoms with Crippen molar-refractivity contribution in [3.63, 3.8) is 0 Å². The van der Waals surface area contributed by atoms with Crippen molar-refractivity contribution in [1.29, 1.82) is 0 Å². The van der Waals surface area contributed by atoms with Crippen LogP contribution in [0.5, 0.6) is 0 Å². The Labute approximate surface area is 178 Å². The van der Waals surface area contributed by atoms with Crippen LogP contribution in [0.25, 0.3) is 0 Å². The summed E-state index contributed by atoms with van der Waals surface area (Å²) in [5, 5.41) is 0. The summed E-state index contributed by atoms with van der Waals surface area (Å²) < 4.78 is 0. The van der Waals surface area contributed by atoms with Gasteiger partial charge in [-0.05, 0) is 51.2 Å². The molecule has 0 saturated heterocycles. The maximum Gasteiger partial charge on any atom is 0.140 e. The van der Waals surface area contributed by atoms with Gasteiger partial charge in [0.1, 0.15) is 5.78 Å². The van der Waals surface area contributed by atoms with Crippen molar-refractivity contribution in [2.75, 3.05) is 0 Å². The minimum atomic E-state index is 0.0131. The number of nitrogens with zero attached hydrogens (tertiary/aromatic N) is 1. The molecule has 2 unspecified atom stereocenters. The predicted molar refractivity (Wildman–Crippen MR) is 124 cm³/mol. The van der Waals surface area contributed by atoms with Crippen LogP contribution in [0, 0.1) is 0 Å². The second-order valence-electron chi connectivity index (χ2n) is 9.09. The number of carbonyl (C=O) groups is 1. The molecule has 0 heterocycles. The lowest BCUT2D eigenvalue weighted by atomic mass is 9.86. The molecule has 2 aromatic rings. The summed E-state index contributed by atoms with van der Waals surface area (Å²) in [6, 6.07) is 21.6. The van der Waals surface area contributed by atoms with Gasteiger partial charge in [-0.1, -0.05) is 80.9 Å². The van der Waals surface area contributed by atoms with Crippen LogP contribution in [0.1, 0.15) is 83.8 Å². The monoisotopic (exact) mass is 393 g/mol. The van der Waals surface area contributed by atoms with Crippen LogP contribution in [-0.2, 0) is 11.3 Å². The lowest BCUT2D eigenvalue weighted by molar-refractivity contribution is -0.120. The van der Waals surface area contributed by atoms with E-state index in [1.807, 2.05) is 25.1 Å². The molecule has 0 saturated carbocycles. The molecule has 0 aliphatic heterocycles. The molecule has 0 aliphatic rings. The van der Waals surface area contributed by atoms with Crippen molar-refractivity contribution < 1.29 is 4.79 Å². The molecule has 0 N–H and O–H groups in total. The average molecular weight is 394 g/mol. The van der Waals surface area contributed by atoms with Gasteiger partial charge in [-0.25, -0.2) is 0 Å². The molecule has 0 aliphatic carbocycles. The molecule has 0 spiro atoms. The van der Waals surface area contributed by atoms with Crippen molar-refractivity contribution in [2.24, 2.45) is 0 Å². The smallest absolute Gasteiger partial charge is 0.140 e. The van der Waals surface area contributed by atoms with Crippen LogP contribution < -0.4 is 0 Å². The molecule has 0 bridgehead atoms. The summed E-state index contributed by atoms with van der Waals surface area (Å²) in [4.78, 5) is 15.4. The zero-order valence-electron chi connectivity index (χ0n) is 19.0. The summed E-state index contributed by atoms with van der Waals surface area (Å²) in [6.45, 7) is 12.1. The van der Waals surface area contributed by atoms with E-state index in [9.17, 15) is 4.79 Å². The van der Waals surface area contributed by atoms with E-state index in [1.54, 1.807) is 0 Å². The second kappa shape index (κ2) is 11.3. The third kappa shape index (κ3) is 7.12. The number of hydrogen-bond donors (Lipinski definition) is 0. The quantitative estimate of drug-likeness (QED) is 0.409. The first-order valence-corrected chi connectivity index (χ1v) is 11.2. The Kier molecular flexibility index (Phi) is 9.10. The van der Waals surface area contributed by atoms with Crippen molar-refractivity contribution in [2.45, 2.75) is 90.8 Å². The van der Waals surface area contributed by atoms with E-state index in [-0.39, 0.29) is 11.5 Å². The van der Waals surface area contributed by atoms with E-state index in [0.717, 1.165) is 32.2 Å². The van der Waals surface area contributed by atoms with Gasteiger partial charge in [-0.2, -0.15) is 0 Å². The highest BCUT2D eigenvalue weighted by molar-refractivity contribution is 5.85. The van der Waals surface area contributed by atoms with Crippen LogP contribution in [-0.4, -0.2) is 22.3 Å². The topological polar surface area (TPSA) is 20.3 Å².